The van der Waals surface area contributed by atoms with Gasteiger partial charge in [0.15, 0.2) is 0 Å². The molecule has 2 atom stereocenters. The lowest BCUT2D eigenvalue weighted by molar-refractivity contribution is -0.130. The first-order valence-corrected chi connectivity index (χ1v) is 8.84. The molecule has 3 nitrogen and oxygen atoms in total. The Bertz CT molecular complexity index is 875. The molecular weight excluding hydrogens is 322 g/mol. The first-order valence-electron chi connectivity index (χ1n) is 8.84. The smallest absolute Gasteiger partial charge is 0.233 e. The van der Waals surface area contributed by atoms with Crippen LogP contribution < -0.4 is 9.64 Å². The molecule has 0 aromatic heterocycles. The van der Waals surface area contributed by atoms with E-state index < -0.39 is 0 Å². The molecule has 1 aliphatic heterocycles. The van der Waals surface area contributed by atoms with Gasteiger partial charge in [0, 0.05) is 5.69 Å². The van der Waals surface area contributed by atoms with E-state index in [4.69, 9.17) is 4.74 Å². The summed E-state index contributed by atoms with van der Waals surface area (Å²) in [6, 6.07) is 28.3. The van der Waals surface area contributed by atoms with Crippen molar-refractivity contribution in [2.75, 3.05) is 12.0 Å². The Morgan fingerprint density at radius 1 is 0.846 bits per heavy atom. The number of nitrogens with zero attached hydrogens (tertiary/aromatic N) is 1. The summed E-state index contributed by atoms with van der Waals surface area (Å²) in [4.78, 5) is 14.9. The second-order valence-corrected chi connectivity index (χ2v) is 6.56. The first kappa shape index (κ1) is 16.4. The molecule has 3 heteroatoms. The zero-order valence-corrected chi connectivity index (χ0v) is 14.7. The summed E-state index contributed by atoms with van der Waals surface area (Å²) in [6.45, 7) is 0. The van der Waals surface area contributed by atoms with Crippen molar-refractivity contribution in [2.24, 2.45) is 5.92 Å². The Morgan fingerprint density at radius 2 is 1.46 bits per heavy atom. The zero-order valence-electron chi connectivity index (χ0n) is 14.7. The van der Waals surface area contributed by atoms with E-state index in [1.165, 1.54) is 11.1 Å². The molecule has 1 saturated heterocycles. The standard InChI is InChI=1S/C23H21NO2/c1-26-20-14-12-19(13-15-20)24-22(18-10-6-3-7-11-18)21(23(24)25)16-17-8-4-2-5-9-17/h2-15,21-22H,16H2,1H3/t21-,22+/m0/s1. The Morgan fingerprint density at radius 3 is 2.08 bits per heavy atom. The van der Waals surface area contributed by atoms with Crippen molar-refractivity contribution in [2.45, 2.75) is 12.5 Å². The van der Waals surface area contributed by atoms with Crippen molar-refractivity contribution in [3.8, 4) is 5.75 Å². The van der Waals surface area contributed by atoms with E-state index >= 15 is 0 Å². The van der Waals surface area contributed by atoms with Gasteiger partial charge in [0.2, 0.25) is 5.91 Å². The van der Waals surface area contributed by atoms with E-state index in [-0.39, 0.29) is 17.9 Å². The van der Waals surface area contributed by atoms with Crippen molar-refractivity contribution in [3.63, 3.8) is 0 Å². The molecule has 130 valence electrons. The third-order valence-electron chi connectivity index (χ3n) is 5.00. The van der Waals surface area contributed by atoms with Crippen LogP contribution in [0.5, 0.6) is 5.75 Å². The van der Waals surface area contributed by atoms with Crippen LogP contribution in [0, 0.1) is 5.92 Å². The van der Waals surface area contributed by atoms with Crippen LogP contribution in [0.3, 0.4) is 0 Å². The second-order valence-electron chi connectivity index (χ2n) is 6.56. The summed E-state index contributed by atoms with van der Waals surface area (Å²) < 4.78 is 5.24. The van der Waals surface area contributed by atoms with Crippen LogP contribution in [-0.4, -0.2) is 13.0 Å². The molecule has 4 rings (SSSR count). The summed E-state index contributed by atoms with van der Waals surface area (Å²) in [5.74, 6) is 0.925. The van der Waals surface area contributed by atoms with Crippen molar-refractivity contribution in [1.29, 1.82) is 0 Å². The average molecular weight is 343 g/mol. The van der Waals surface area contributed by atoms with Gasteiger partial charge in [0.25, 0.3) is 0 Å². The highest BCUT2D eigenvalue weighted by Gasteiger charge is 2.48. The second kappa shape index (κ2) is 7.04. The number of β-lactam (4-membered cyclic amide) rings is 1. The van der Waals surface area contributed by atoms with Crippen molar-refractivity contribution in [3.05, 3.63) is 96.1 Å². The maximum atomic E-state index is 13.0. The van der Waals surface area contributed by atoms with Crippen LogP contribution in [0.2, 0.25) is 0 Å². The summed E-state index contributed by atoms with van der Waals surface area (Å²) in [6.07, 6.45) is 0.756. The molecule has 0 saturated carbocycles. The van der Waals surface area contributed by atoms with Gasteiger partial charge in [-0.2, -0.15) is 0 Å². The van der Waals surface area contributed by atoms with E-state index in [9.17, 15) is 4.79 Å². The number of carbonyl (C=O) groups excluding carboxylic acids is 1. The highest BCUT2D eigenvalue weighted by molar-refractivity contribution is 6.03. The van der Waals surface area contributed by atoms with Crippen LogP contribution in [0.4, 0.5) is 5.69 Å². The predicted molar refractivity (Wildman–Crippen MR) is 103 cm³/mol. The number of amides is 1. The molecule has 0 bridgehead atoms. The Kier molecular flexibility index (Phi) is 4.44. The van der Waals surface area contributed by atoms with Crippen LogP contribution in [0.15, 0.2) is 84.9 Å². The monoisotopic (exact) mass is 343 g/mol. The van der Waals surface area contributed by atoms with Gasteiger partial charge >= 0.3 is 0 Å². The third kappa shape index (κ3) is 2.97. The lowest BCUT2D eigenvalue weighted by Crippen LogP contribution is -2.56. The number of hydrogen-bond acceptors (Lipinski definition) is 2. The van der Waals surface area contributed by atoms with Crippen molar-refractivity contribution in [1.82, 2.24) is 0 Å². The number of carbonyl (C=O) groups is 1. The van der Waals surface area contributed by atoms with E-state index in [1.54, 1.807) is 7.11 Å². The number of benzene rings is 3. The van der Waals surface area contributed by atoms with Gasteiger partial charge in [-0.25, -0.2) is 0 Å². The molecule has 3 aromatic carbocycles. The molecule has 0 spiro atoms. The fraction of sp³-hybridized carbons (Fsp3) is 0.174. The van der Waals surface area contributed by atoms with Gasteiger partial charge in [-0.3, -0.25) is 4.79 Å². The summed E-state index contributed by atoms with van der Waals surface area (Å²) in [7, 11) is 1.65. The minimum atomic E-state index is -0.0399. The quantitative estimate of drug-likeness (QED) is 0.632. The van der Waals surface area contributed by atoms with Crippen LogP contribution >= 0.6 is 0 Å². The zero-order chi connectivity index (χ0) is 17.9. The van der Waals surface area contributed by atoms with Crippen LogP contribution in [0.25, 0.3) is 0 Å². The molecule has 1 amide bonds. The van der Waals surface area contributed by atoms with E-state index in [2.05, 4.69) is 24.3 Å². The van der Waals surface area contributed by atoms with Gasteiger partial charge < -0.3 is 9.64 Å². The fourth-order valence-electron chi connectivity index (χ4n) is 3.68. The van der Waals surface area contributed by atoms with Gasteiger partial charge in [-0.05, 0) is 41.8 Å². The molecular formula is C23H21NO2. The molecule has 0 radical (unpaired) electrons. The normalized spacial score (nSPS) is 19.1. The van der Waals surface area contributed by atoms with Crippen LogP contribution in [0.1, 0.15) is 17.2 Å². The Balaban J connectivity index is 1.66. The predicted octanol–water partition coefficient (Wildman–Crippen LogP) is 4.64. The van der Waals surface area contributed by atoms with E-state index in [0.29, 0.717) is 0 Å². The largest absolute Gasteiger partial charge is 0.497 e. The van der Waals surface area contributed by atoms with Gasteiger partial charge in [0.05, 0.1) is 19.1 Å². The van der Waals surface area contributed by atoms with Crippen molar-refractivity contribution >= 4 is 11.6 Å². The molecule has 1 heterocycles. The van der Waals surface area contributed by atoms with Crippen LogP contribution in [-0.2, 0) is 11.2 Å². The highest BCUT2D eigenvalue weighted by atomic mass is 16.5. The van der Waals surface area contributed by atoms with Gasteiger partial charge in [-0.15, -0.1) is 0 Å². The molecule has 0 N–H and O–H groups in total. The number of anilines is 1. The summed E-state index contributed by atoms with van der Waals surface area (Å²) in [5, 5.41) is 0. The van der Waals surface area contributed by atoms with Gasteiger partial charge in [0.1, 0.15) is 5.75 Å². The molecule has 1 aliphatic rings. The topological polar surface area (TPSA) is 29.5 Å². The molecule has 0 aliphatic carbocycles. The average Bonchev–Trinajstić information content (AvgIpc) is 2.71. The molecule has 0 unspecified atom stereocenters. The lowest BCUT2D eigenvalue weighted by Gasteiger charge is -2.47. The summed E-state index contributed by atoms with van der Waals surface area (Å²) >= 11 is 0. The SMILES string of the molecule is COc1ccc(N2C(=O)[C@@H](Cc3ccccc3)[C@H]2c2ccccc2)cc1. The lowest BCUT2D eigenvalue weighted by atomic mass is 9.78. The molecule has 1 fully saturated rings. The minimum absolute atomic E-state index is 0.0399. The van der Waals surface area contributed by atoms with Gasteiger partial charge in [-0.1, -0.05) is 60.7 Å². The fourth-order valence-corrected chi connectivity index (χ4v) is 3.68. The minimum Gasteiger partial charge on any atom is -0.497 e. The number of ether oxygens (including phenoxy) is 1. The van der Waals surface area contributed by atoms with Crippen molar-refractivity contribution < 1.29 is 9.53 Å². The van der Waals surface area contributed by atoms with E-state index in [1.807, 2.05) is 65.6 Å². The maximum absolute atomic E-state index is 13.0. The third-order valence-corrected chi connectivity index (χ3v) is 5.00. The Labute approximate surface area is 153 Å². The Hall–Kier alpha value is -3.07. The number of hydrogen-bond donors (Lipinski definition) is 0. The molecule has 3 aromatic rings. The number of methoxy groups -OCH3 is 1. The summed E-state index contributed by atoms with van der Waals surface area (Å²) in [5.41, 5.74) is 3.28. The number of rotatable bonds is 5. The first-order chi connectivity index (χ1) is 12.8. The molecule has 26 heavy (non-hydrogen) atoms. The van der Waals surface area contributed by atoms with E-state index in [0.717, 1.165) is 17.9 Å². The maximum Gasteiger partial charge on any atom is 0.233 e. The highest BCUT2D eigenvalue weighted by Crippen LogP contribution is 2.45.